The molecule has 15 nitrogen and oxygen atoms in total. The highest BCUT2D eigenvalue weighted by Gasteiger charge is 2.33. The number of piperidine rings is 1. The number of rotatable bonds is 8. The molecule has 1 N–H and O–H groups in total. The van der Waals surface area contributed by atoms with Crippen LogP contribution < -0.4 is 30.9 Å². The second-order valence-corrected chi connectivity index (χ2v) is 12.5. The first-order valence-electron chi connectivity index (χ1n) is 16.3. The molecule has 2 saturated heterocycles. The van der Waals surface area contributed by atoms with Crippen molar-refractivity contribution in [1.82, 2.24) is 34.0 Å². The van der Waals surface area contributed by atoms with E-state index in [0.717, 1.165) is 22.3 Å². The second-order valence-electron chi connectivity index (χ2n) is 12.5. The van der Waals surface area contributed by atoms with Gasteiger partial charge in [-0.2, -0.15) is 4.68 Å². The fraction of sp³-hybridized carbons (Fsp3) is 0.515. The molecule has 3 aromatic rings. The van der Waals surface area contributed by atoms with Gasteiger partial charge in [-0.25, -0.2) is 4.79 Å². The Morgan fingerprint density at radius 1 is 0.958 bits per heavy atom. The average molecular weight is 663 g/mol. The smallest absolute Gasteiger partial charge is 0.347 e. The number of hydrogen-bond acceptors (Lipinski definition) is 10. The van der Waals surface area contributed by atoms with E-state index in [2.05, 4.69) is 15.3 Å². The van der Waals surface area contributed by atoms with Gasteiger partial charge in [-0.3, -0.25) is 34.0 Å². The Labute approximate surface area is 277 Å². The topological polar surface area (TPSA) is 153 Å². The van der Waals surface area contributed by atoms with E-state index >= 15 is 0 Å². The number of amides is 3. The molecule has 0 saturated carbocycles. The maximum atomic E-state index is 13.1. The van der Waals surface area contributed by atoms with E-state index in [-0.39, 0.29) is 30.2 Å². The summed E-state index contributed by atoms with van der Waals surface area (Å²) in [5.74, 6) is 0.988. The molecule has 3 aliphatic heterocycles. The molecule has 1 aromatic carbocycles. The van der Waals surface area contributed by atoms with E-state index in [4.69, 9.17) is 9.47 Å². The highest BCUT2D eigenvalue weighted by atomic mass is 16.5. The first-order chi connectivity index (χ1) is 23.0. The maximum Gasteiger partial charge on any atom is 0.347 e. The molecule has 15 heteroatoms. The first-order valence-corrected chi connectivity index (χ1v) is 16.3. The summed E-state index contributed by atoms with van der Waals surface area (Å²) in [6.07, 6.45) is 3.23. The van der Waals surface area contributed by atoms with Crippen LogP contribution in [0.25, 0.3) is 11.1 Å². The summed E-state index contributed by atoms with van der Waals surface area (Å²) in [4.78, 5) is 68.6. The van der Waals surface area contributed by atoms with Gasteiger partial charge in [0.1, 0.15) is 17.5 Å². The Morgan fingerprint density at radius 2 is 1.65 bits per heavy atom. The Balaban J connectivity index is 1.21. The molecule has 2 fully saturated rings. The third-order valence-electron chi connectivity index (χ3n) is 9.67. The van der Waals surface area contributed by atoms with Crippen LogP contribution in [0.4, 0.5) is 5.95 Å². The van der Waals surface area contributed by atoms with Crippen LogP contribution in [-0.2, 0) is 48.0 Å². The number of carbonyl (C=O) groups is 3. The zero-order valence-corrected chi connectivity index (χ0v) is 28.1. The molecule has 5 heterocycles. The number of imide groups is 1. The number of pyridine rings is 1. The van der Waals surface area contributed by atoms with E-state index in [1.54, 1.807) is 37.8 Å². The lowest BCUT2D eigenvalue weighted by Crippen LogP contribution is -2.47. The van der Waals surface area contributed by atoms with Gasteiger partial charge in [0, 0.05) is 83.5 Å². The molecule has 3 amide bonds. The van der Waals surface area contributed by atoms with Gasteiger partial charge in [-0.05, 0) is 36.1 Å². The van der Waals surface area contributed by atoms with E-state index in [1.807, 2.05) is 30.2 Å². The van der Waals surface area contributed by atoms with E-state index in [1.165, 1.54) is 9.25 Å². The largest absolute Gasteiger partial charge is 0.496 e. The Morgan fingerprint density at radius 3 is 2.27 bits per heavy atom. The van der Waals surface area contributed by atoms with Crippen molar-refractivity contribution in [2.45, 2.75) is 51.7 Å². The Hall–Kier alpha value is -4.92. The SMILES string of the molecule is CCC(=O)N1CCc2c(-c3cc(OC)c(CN4CCN(c5nn(C6CCC(=O)NC6=O)c(=O)n5C)CC4)c(OC)c3)cn(C)c(=O)c2C1. The Kier molecular flexibility index (Phi) is 9.14. The van der Waals surface area contributed by atoms with Gasteiger partial charge < -0.3 is 23.8 Å². The number of piperazine rings is 1. The number of anilines is 1. The van der Waals surface area contributed by atoms with Gasteiger partial charge in [-0.1, -0.05) is 6.92 Å². The third-order valence-corrected chi connectivity index (χ3v) is 9.67. The van der Waals surface area contributed by atoms with Gasteiger partial charge in [0.2, 0.25) is 17.8 Å². The van der Waals surface area contributed by atoms with Crippen LogP contribution in [0.1, 0.15) is 48.9 Å². The molecule has 2 aromatic heterocycles. The van der Waals surface area contributed by atoms with Crippen molar-refractivity contribution >= 4 is 23.7 Å². The predicted molar refractivity (Wildman–Crippen MR) is 176 cm³/mol. The number of fused-ring (bicyclic) bond motifs is 1. The average Bonchev–Trinajstić information content (AvgIpc) is 3.39. The minimum Gasteiger partial charge on any atom is -0.496 e. The van der Waals surface area contributed by atoms with E-state index in [9.17, 15) is 24.0 Å². The van der Waals surface area contributed by atoms with Crippen LogP contribution in [0.2, 0.25) is 0 Å². The number of hydrogen-bond donors (Lipinski definition) is 1. The molecule has 256 valence electrons. The fourth-order valence-corrected chi connectivity index (χ4v) is 6.95. The summed E-state index contributed by atoms with van der Waals surface area (Å²) in [6, 6.07) is 3.15. The lowest BCUT2D eigenvalue weighted by molar-refractivity contribution is -0.136. The molecule has 6 rings (SSSR count). The number of methoxy groups -OCH3 is 2. The molecule has 0 bridgehead atoms. The number of aromatic nitrogens is 4. The molecule has 3 aliphatic rings. The normalized spacial score (nSPS) is 18.5. The van der Waals surface area contributed by atoms with Gasteiger partial charge in [0.05, 0.1) is 26.3 Å². The molecular weight excluding hydrogens is 620 g/mol. The maximum absolute atomic E-state index is 13.1. The van der Waals surface area contributed by atoms with Gasteiger partial charge in [0.15, 0.2) is 0 Å². The van der Waals surface area contributed by atoms with Gasteiger partial charge in [0.25, 0.3) is 11.5 Å². The third kappa shape index (κ3) is 5.98. The zero-order chi connectivity index (χ0) is 34.3. The number of benzene rings is 1. The van der Waals surface area contributed by atoms with Crippen LogP contribution in [0.15, 0.2) is 27.9 Å². The van der Waals surface area contributed by atoms with Crippen molar-refractivity contribution in [3.8, 4) is 22.6 Å². The van der Waals surface area contributed by atoms with Crippen molar-refractivity contribution in [1.29, 1.82) is 0 Å². The van der Waals surface area contributed by atoms with Gasteiger partial charge in [-0.15, -0.1) is 5.10 Å². The Bertz CT molecular complexity index is 1860. The van der Waals surface area contributed by atoms with Crippen LogP contribution in [0.5, 0.6) is 11.5 Å². The highest BCUT2D eigenvalue weighted by Crippen LogP contribution is 2.38. The zero-order valence-electron chi connectivity index (χ0n) is 28.1. The standard InChI is InChI=1S/C33H42N8O7/c1-6-29(43)40-10-9-21-22(17-36(2)31(45)23(21)19-40)20-15-26(47-4)24(27(16-20)48-5)18-38-11-13-39(14-12-38)32-35-41(33(46)37(32)3)25-7-8-28(42)34-30(25)44/h15-17,25H,6-14,18-19H2,1-5H3,(H,34,42,44). The predicted octanol–water partition coefficient (Wildman–Crippen LogP) is 0.559. The fourth-order valence-electron chi connectivity index (χ4n) is 6.95. The van der Waals surface area contributed by atoms with Crippen LogP contribution in [0.3, 0.4) is 0 Å². The summed E-state index contributed by atoms with van der Waals surface area (Å²) in [5, 5.41) is 6.81. The molecule has 1 atom stereocenters. The monoisotopic (exact) mass is 662 g/mol. The van der Waals surface area contributed by atoms with E-state index < -0.39 is 17.6 Å². The summed E-state index contributed by atoms with van der Waals surface area (Å²) >= 11 is 0. The summed E-state index contributed by atoms with van der Waals surface area (Å²) in [7, 11) is 6.62. The lowest BCUT2D eigenvalue weighted by Gasteiger charge is -2.35. The summed E-state index contributed by atoms with van der Waals surface area (Å²) < 4.78 is 16.0. The molecule has 0 spiro atoms. The number of ether oxygens (including phenoxy) is 2. The molecule has 48 heavy (non-hydrogen) atoms. The van der Waals surface area contributed by atoms with Crippen LogP contribution in [-0.4, -0.2) is 93.4 Å². The van der Waals surface area contributed by atoms with Crippen molar-refractivity contribution in [3.63, 3.8) is 0 Å². The molecular formula is C33H42N8O7. The highest BCUT2D eigenvalue weighted by molar-refractivity contribution is 5.99. The quantitative estimate of drug-likeness (QED) is 0.339. The summed E-state index contributed by atoms with van der Waals surface area (Å²) in [6.45, 7) is 5.80. The van der Waals surface area contributed by atoms with Crippen LogP contribution >= 0.6 is 0 Å². The van der Waals surface area contributed by atoms with Crippen molar-refractivity contribution in [2.24, 2.45) is 14.1 Å². The molecule has 1 unspecified atom stereocenters. The van der Waals surface area contributed by atoms with Crippen molar-refractivity contribution in [3.05, 3.63) is 55.9 Å². The van der Waals surface area contributed by atoms with Crippen molar-refractivity contribution in [2.75, 3.05) is 51.8 Å². The summed E-state index contributed by atoms with van der Waals surface area (Å²) in [5.41, 5.74) is 3.76. The second kappa shape index (κ2) is 13.3. The van der Waals surface area contributed by atoms with Crippen LogP contribution in [0, 0.1) is 0 Å². The minimum absolute atomic E-state index is 0.0348. The van der Waals surface area contributed by atoms with Gasteiger partial charge >= 0.3 is 5.69 Å². The molecule has 0 radical (unpaired) electrons. The molecule has 0 aliphatic carbocycles. The lowest BCUT2D eigenvalue weighted by atomic mass is 9.91. The minimum atomic E-state index is -0.814. The number of nitrogens with zero attached hydrogens (tertiary/aromatic N) is 7. The number of carbonyl (C=O) groups excluding carboxylic acids is 3. The number of nitrogens with one attached hydrogen (secondary N) is 1. The number of aryl methyl sites for hydroxylation is 1. The van der Waals surface area contributed by atoms with E-state index in [0.29, 0.717) is 81.7 Å². The first kappa shape index (κ1) is 33.0. The van der Waals surface area contributed by atoms with Crippen molar-refractivity contribution < 1.29 is 23.9 Å².